The molecule has 2 nitrogen and oxygen atoms in total. The summed E-state index contributed by atoms with van der Waals surface area (Å²) in [5.74, 6) is 0. The largest absolute Gasteiger partial charge is 0.310 e. The van der Waals surface area contributed by atoms with Crippen LogP contribution in [0, 0.1) is 0 Å². The van der Waals surface area contributed by atoms with Crippen molar-refractivity contribution in [3.63, 3.8) is 0 Å². The van der Waals surface area contributed by atoms with Crippen LogP contribution in [0.3, 0.4) is 0 Å². The fraction of sp³-hybridized carbons (Fsp3) is 0. The van der Waals surface area contributed by atoms with Crippen molar-refractivity contribution in [3.8, 4) is 61.3 Å². The number of hydrogen-bond donors (Lipinski definition) is 0. The molecule has 70 heavy (non-hydrogen) atoms. The average molecular weight is 891 g/mol. The second-order valence-electron chi connectivity index (χ2n) is 18.1. The minimum atomic E-state index is 1.08. The van der Waals surface area contributed by atoms with E-state index < -0.39 is 0 Å². The first-order valence-corrected chi connectivity index (χ1v) is 24.1. The number of rotatable bonds is 9. The Bertz CT molecular complexity index is 3960. The smallest absolute Gasteiger partial charge is 0.0547 e. The van der Waals surface area contributed by atoms with Gasteiger partial charge in [-0.1, -0.05) is 194 Å². The second kappa shape index (κ2) is 17.4. The molecule has 0 N–H and O–H groups in total. The molecule has 13 aromatic rings. The van der Waals surface area contributed by atoms with E-state index in [4.69, 9.17) is 0 Å². The van der Waals surface area contributed by atoms with Crippen LogP contribution in [-0.4, -0.2) is 4.57 Å². The lowest BCUT2D eigenvalue weighted by Crippen LogP contribution is -2.10. The Labute approximate surface area is 408 Å². The monoisotopic (exact) mass is 890 g/mol. The summed E-state index contributed by atoms with van der Waals surface area (Å²) in [5.41, 5.74) is 18.6. The summed E-state index contributed by atoms with van der Waals surface area (Å²) in [5, 5.41) is 7.54. The molecule has 0 bridgehead atoms. The third kappa shape index (κ3) is 7.40. The van der Waals surface area contributed by atoms with Gasteiger partial charge in [0.15, 0.2) is 0 Å². The van der Waals surface area contributed by atoms with Gasteiger partial charge in [-0.05, 0) is 162 Å². The van der Waals surface area contributed by atoms with Crippen LogP contribution in [0.25, 0.3) is 105 Å². The summed E-state index contributed by atoms with van der Waals surface area (Å²) in [7, 11) is 0. The van der Waals surface area contributed by atoms with Gasteiger partial charge in [0.1, 0.15) is 0 Å². The Kier molecular flexibility index (Phi) is 10.2. The molecule has 0 radical (unpaired) electrons. The fourth-order valence-electron chi connectivity index (χ4n) is 10.6. The molecule has 0 spiro atoms. The minimum absolute atomic E-state index is 1.08. The molecule has 0 saturated carbocycles. The van der Waals surface area contributed by atoms with Crippen LogP contribution in [0.2, 0.25) is 0 Å². The van der Waals surface area contributed by atoms with Crippen LogP contribution < -0.4 is 4.90 Å². The lowest BCUT2D eigenvalue weighted by molar-refractivity contribution is 1.18. The molecule has 12 aromatic carbocycles. The summed E-state index contributed by atoms with van der Waals surface area (Å²) in [6.07, 6.45) is 0. The lowest BCUT2D eigenvalue weighted by atomic mass is 9.93. The zero-order chi connectivity index (χ0) is 46.4. The maximum absolute atomic E-state index is 2.40. The molecular weight excluding hydrogens is 845 g/mol. The molecule has 0 aliphatic heterocycles. The third-order valence-corrected chi connectivity index (χ3v) is 13.9. The zero-order valence-corrected chi connectivity index (χ0v) is 38.5. The molecule has 0 fully saturated rings. The third-order valence-electron chi connectivity index (χ3n) is 13.9. The Morgan fingerprint density at radius 1 is 0.243 bits per heavy atom. The molecule has 0 unspecified atom stereocenters. The van der Waals surface area contributed by atoms with Gasteiger partial charge in [-0.15, -0.1) is 0 Å². The van der Waals surface area contributed by atoms with E-state index in [2.05, 4.69) is 289 Å². The summed E-state index contributed by atoms with van der Waals surface area (Å²) in [6.45, 7) is 0. The van der Waals surface area contributed by atoms with Crippen LogP contribution in [0.5, 0.6) is 0 Å². The van der Waals surface area contributed by atoms with Gasteiger partial charge in [-0.3, -0.25) is 0 Å². The van der Waals surface area contributed by atoms with E-state index in [1.807, 2.05) is 0 Å². The maximum Gasteiger partial charge on any atom is 0.0547 e. The van der Waals surface area contributed by atoms with E-state index in [-0.39, 0.29) is 0 Å². The van der Waals surface area contributed by atoms with Gasteiger partial charge >= 0.3 is 0 Å². The van der Waals surface area contributed by atoms with E-state index in [0.29, 0.717) is 0 Å². The average Bonchev–Trinajstić information content (AvgIpc) is 3.79. The van der Waals surface area contributed by atoms with Gasteiger partial charge in [0.2, 0.25) is 0 Å². The van der Waals surface area contributed by atoms with Crippen LogP contribution >= 0.6 is 0 Å². The highest BCUT2D eigenvalue weighted by Crippen LogP contribution is 2.43. The Hall–Kier alpha value is -9.24. The molecule has 328 valence electrons. The first-order valence-electron chi connectivity index (χ1n) is 24.1. The molecular formula is C68H46N2. The van der Waals surface area contributed by atoms with Gasteiger partial charge in [0, 0.05) is 33.5 Å². The predicted molar refractivity (Wildman–Crippen MR) is 298 cm³/mol. The summed E-state index contributed by atoms with van der Waals surface area (Å²) in [4.78, 5) is 2.40. The first-order chi connectivity index (χ1) is 34.7. The van der Waals surface area contributed by atoms with Crippen LogP contribution in [-0.2, 0) is 0 Å². The van der Waals surface area contributed by atoms with Crippen LogP contribution in [0.1, 0.15) is 0 Å². The highest BCUT2D eigenvalue weighted by Gasteiger charge is 2.19. The Morgan fingerprint density at radius 2 is 0.729 bits per heavy atom. The topological polar surface area (TPSA) is 8.17 Å². The van der Waals surface area contributed by atoms with Crippen molar-refractivity contribution in [2.45, 2.75) is 0 Å². The number of fused-ring (bicyclic) bond motifs is 6. The Balaban J connectivity index is 0.933. The van der Waals surface area contributed by atoms with Crippen LogP contribution in [0.4, 0.5) is 17.1 Å². The van der Waals surface area contributed by atoms with E-state index >= 15 is 0 Å². The number of nitrogens with zero attached hydrogens (tertiary/aromatic N) is 2. The van der Waals surface area contributed by atoms with Crippen molar-refractivity contribution in [2.75, 3.05) is 4.90 Å². The molecule has 2 heteroatoms. The maximum atomic E-state index is 2.40. The summed E-state index contributed by atoms with van der Waals surface area (Å²) < 4.78 is 2.39. The van der Waals surface area contributed by atoms with Crippen molar-refractivity contribution in [2.24, 2.45) is 0 Å². The number of hydrogen-bond acceptors (Lipinski definition) is 1. The summed E-state index contributed by atoms with van der Waals surface area (Å²) in [6, 6.07) is 102. The van der Waals surface area contributed by atoms with Crippen molar-refractivity contribution in [1.82, 2.24) is 4.57 Å². The number of anilines is 3. The fourth-order valence-corrected chi connectivity index (χ4v) is 10.6. The Morgan fingerprint density at radius 3 is 1.40 bits per heavy atom. The lowest BCUT2D eigenvalue weighted by Gasteiger charge is -2.26. The van der Waals surface area contributed by atoms with Crippen molar-refractivity contribution in [1.29, 1.82) is 0 Å². The SMILES string of the molecule is c1ccc(-c2cc(-c3ccccc3)cc(-c3ccc(N(c4ccc(-c5ccc6c(ccc7ccccc76)c5)cc4)c4cccc(-c5cccc6c5c5ccccc5n6-c5ccccc5)c4)cc3)c2)cc1. The first kappa shape index (κ1) is 41.0. The molecule has 0 atom stereocenters. The second-order valence-corrected chi connectivity index (χ2v) is 18.1. The normalized spacial score (nSPS) is 11.4. The van der Waals surface area contributed by atoms with Gasteiger partial charge in [0.05, 0.1) is 11.0 Å². The highest BCUT2D eigenvalue weighted by atomic mass is 15.1. The van der Waals surface area contributed by atoms with E-state index in [1.54, 1.807) is 0 Å². The predicted octanol–water partition coefficient (Wildman–Crippen LogP) is 18.9. The van der Waals surface area contributed by atoms with Gasteiger partial charge in [-0.2, -0.15) is 0 Å². The molecule has 1 heterocycles. The molecule has 0 aliphatic rings. The van der Waals surface area contributed by atoms with Crippen molar-refractivity contribution < 1.29 is 0 Å². The molecule has 0 amide bonds. The van der Waals surface area contributed by atoms with Gasteiger partial charge in [0.25, 0.3) is 0 Å². The van der Waals surface area contributed by atoms with Gasteiger partial charge in [-0.25, -0.2) is 0 Å². The summed E-state index contributed by atoms with van der Waals surface area (Å²) >= 11 is 0. The quantitative estimate of drug-likeness (QED) is 0.131. The zero-order valence-electron chi connectivity index (χ0n) is 38.5. The number of aromatic nitrogens is 1. The van der Waals surface area contributed by atoms with E-state index in [9.17, 15) is 0 Å². The minimum Gasteiger partial charge on any atom is -0.310 e. The molecule has 0 aliphatic carbocycles. The molecule has 13 rings (SSSR count). The number of benzene rings is 12. The van der Waals surface area contributed by atoms with Crippen molar-refractivity contribution >= 4 is 60.4 Å². The van der Waals surface area contributed by atoms with E-state index in [0.717, 1.165) is 33.9 Å². The number of para-hydroxylation sites is 2. The van der Waals surface area contributed by atoms with Crippen LogP contribution in [0.15, 0.2) is 279 Å². The molecule has 0 saturated heterocycles. The highest BCUT2D eigenvalue weighted by molar-refractivity contribution is 6.16. The molecule has 1 aromatic heterocycles. The van der Waals surface area contributed by atoms with Crippen molar-refractivity contribution in [3.05, 3.63) is 279 Å². The van der Waals surface area contributed by atoms with E-state index in [1.165, 1.54) is 87.9 Å². The van der Waals surface area contributed by atoms with Gasteiger partial charge < -0.3 is 9.47 Å². The standard InChI is InChI=1S/C68H46N2/c1-4-16-47(17-5-1)55-43-56(48-18-6-2-7-19-48)45-57(44-55)50-34-39-60(40-35-50)69(59-37-32-49(33-38-59)52-36-41-63-54(42-52)31-30-51-20-10-11-25-62(51)63)61-24-14-21-53(46-61)64-27-15-29-67-68(64)65-26-12-13-28-66(65)70(67)58-22-8-3-9-23-58/h1-46H.